The summed E-state index contributed by atoms with van der Waals surface area (Å²) in [6.07, 6.45) is 5.01. The van der Waals surface area contributed by atoms with Crippen LogP contribution in [0.2, 0.25) is 5.02 Å². The normalized spacial score (nSPS) is 20.3. The van der Waals surface area contributed by atoms with E-state index in [-0.39, 0.29) is 6.04 Å². The zero-order chi connectivity index (χ0) is 14.4. The van der Waals surface area contributed by atoms with E-state index in [9.17, 15) is 0 Å². The molecule has 2 N–H and O–H groups in total. The summed E-state index contributed by atoms with van der Waals surface area (Å²) in [5.74, 6) is 0.798. The van der Waals surface area contributed by atoms with E-state index < -0.39 is 0 Å². The first kappa shape index (κ1) is 13.0. The lowest BCUT2D eigenvalue weighted by atomic mass is 10.1. The Kier molecular flexibility index (Phi) is 3.08. The van der Waals surface area contributed by atoms with Crippen LogP contribution in [0, 0.1) is 0 Å². The molecular weight excluding hydrogens is 284 g/mol. The lowest BCUT2D eigenvalue weighted by Crippen LogP contribution is -2.43. The molecule has 2 aromatic rings. The predicted molar refractivity (Wildman–Crippen MR) is 84.7 cm³/mol. The molecule has 2 heterocycles. The minimum absolute atomic E-state index is 0.224. The molecule has 1 atom stereocenters. The summed E-state index contributed by atoms with van der Waals surface area (Å²) in [7, 11) is 0. The van der Waals surface area contributed by atoms with Crippen molar-refractivity contribution >= 4 is 17.5 Å². The van der Waals surface area contributed by atoms with Crippen LogP contribution in [-0.4, -0.2) is 29.1 Å². The molecule has 0 radical (unpaired) electrons. The summed E-state index contributed by atoms with van der Waals surface area (Å²) in [6, 6.07) is 6.23. The van der Waals surface area contributed by atoms with Crippen LogP contribution >= 0.6 is 11.6 Å². The van der Waals surface area contributed by atoms with Crippen LogP contribution in [0.4, 0.5) is 5.95 Å². The average molecular weight is 301 g/mol. The SMILES string of the molecule is NC1CCCN(c2ncc3c(n2)-c2ccc(Cl)cc2C3)C1. The predicted octanol–water partition coefficient (Wildman–Crippen LogP) is 2.63. The molecule has 1 fully saturated rings. The Morgan fingerprint density at radius 3 is 3.05 bits per heavy atom. The standard InChI is InChI=1S/C16H17ClN4/c17-12-3-4-14-10(7-12)6-11-8-19-16(20-15(11)14)21-5-1-2-13(18)9-21/h3-4,7-8,13H,1-2,5-6,9,18H2. The Balaban J connectivity index is 1.72. The fourth-order valence-electron chi connectivity index (χ4n) is 3.25. The van der Waals surface area contributed by atoms with Gasteiger partial charge in [0.25, 0.3) is 0 Å². The van der Waals surface area contributed by atoms with Gasteiger partial charge in [-0.3, -0.25) is 0 Å². The van der Waals surface area contributed by atoms with E-state index in [1.54, 1.807) is 0 Å². The number of halogens is 1. The number of nitrogens with two attached hydrogens (primary N) is 1. The van der Waals surface area contributed by atoms with Gasteiger partial charge in [-0.25, -0.2) is 9.97 Å². The molecule has 1 unspecified atom stereocenters. The zero-order valence-corrected chi connectivity index (χ0v) is 12.5. The highest BCUT2D eigenvalue weighted by Gasteiger charge is 2.24. The van der Waals surface area contributed by atoms with Crippen LogP contribution in [0.25, 0.3) is 11.3 Å². The summed E-state index contributed by atoms with van der Waals surface area (Å²) in [6.45, 7) is 1.83. The summed E-state index contributed by atoms with van der Waals surface area (Å²) >= 11 is 6.08. The molecule has 108 valence electrons. The van der Waals surface area contributed by atoms with E-state index in [4.69, 9.17) is 22.3 Å². The molecular formula is C16H17ClN4. The number of piperidine rings is 1. The van der Waals surface area contributed by atoms with Gasteiger partial charge in [-0.15, -0.1) is 0 Å². The third-order valence-corrected chi connectivity index (χ3v) is 4.53. The van der Waals surface area contributed by atoms with Crippen LogP contribution in [0.15, 0.2) is 24.4 Å². The van der Waals surface area contributed by atoms with Crippen molar-refractivity contribution < 1.29 is 0 Å². The molecule has 2 aliphatic rings. The smallest absolute Gasteiger partial charge is 0.225 e. The molecule has 0 amide bonds. The number of aromatic nitrogens is 2. The molecule has 1 aliphatic carbocycles. The van der Waals surface area contributed by atoms with Gasteiger partial charge in [-0.2, -0.15) is 0 Å². The first-order chi connectivity index (χ1) is 10.2. The quantitative estimate of drug-likeness (QED) is 0.750. The van der Waals surface area contributed by atoms with Gasteiger partial charge in [0.15, 0.2) is 0 Å². The maximum Gasteiger partial charge on any atom is 0.225 e. The van der Waals surface area contributed by atoms with E-state index in [1.165, 1.54) is 16.7 Å². The Bertz CT molecular complexity index is 701. The van der Waals surface area contributed by atoms with Gasteiger partial charge in [-0.05, 0) is 30.5 Å². The van der Waals surface area contributed by atoms with Gasteiger partial charge in [0, 0.05) is 47.9 Å². The maximum absolute atomic E-state index is 6.08. The second kappa shape index (κ2) is 4.97. The minimum atomic E-state index is 0.224. The Morgan fingerprint density at radius 1 is 1.29 bits per heavy atom. The number of fused-ring (bicyclic) bond motifs is 3. The molecule has 4 nitrogen and oxygen atoms in total. The maximum atomic E-state index is 6.08. The van der Waals surface area contributed by atoms with Gasteiger partial charge in [-0.1, -0.05) is 17.7 Å². The average Bonchev–Trinajstić information content (AvgIpc) is 2.83. The van der Waals surface area contributed by atoms with Gasteiger partial charge in [0.1, 0.15) is 0 Å². The van der Waals surface area contributed by atoms with Gasteiger partial charge in [0.05, 0.1) is 5.69 Å². The first-order valence-electron chi connectivity index (χ1n) is 7.36. The van der Waals surface area contributed by atoms with Crippen LogP contribution in [0.5, 0.6) is 0 Å². The Labute approximate surface area is 129 Å². The second-order valence-electron chi connectivity index (χ2n) is 5.87. The largest absolute Gasteiger partial charge is 0.339 e. The zero-order valence-electron chi connectivity index (χ0n) is 11.7. The minimum Gasteiger partial charge on any atom is -0.339 e. The van der Waals surface area contributed by atoms with E-state index in [1.807, 2.05) is 18.3 Å². The Morgan fingerprint density at radius 2 is 2.19 bits per heavy atom. The number of hydrogen-bond donors (Lipinski definition) is 1. The van der Waals surface area contributed by atoms with Crippen LogP contribution in [0.3, 0.4) is 0 Å². The molecule has 0 bridgehead atoms. The molecule has 1 saturated heterocycles. The lowest BCUT2D eigenvalue weighted by molar-refractivity contribution is 0.500. The van der Waals surface area contributed by atoms with Crippen molar-refractivity contribution in [1.82, 2.24) is 9.97 Å². The molecule has 5 heteroatoms. The van der Waals surface area contributed by atoms with E-state index in [2.05, 4.69) is 16.0 Å². The third-order valence-electron chi connectivity index (χ3n) is 4.30. The molecule has 1 aromatic heterocycles. The van der Waals surface area contributed by atoms with Crippen molar-refractivity contribution in [2.75, 3.05) is 18.0 Å². The molecule has 0 spiro atoms. The fourth-order valence-corrected chi connectivity index (χ4v) is 3.44. The number of rotatable bonds is 1. The van der Waals surface area contributed by atoms with E-state index in [0.29, 0.717) is 0 Å². The number of anilines is 1. The summed E-state index contributed by atoms with van der Waals surface area (Å²) in [5.41, 5.74) is 10.7. The second-order valence-corrected chi connectivity index (χ2v) is 6.31. The van der Waals surface area contributed by atoms with Crippen LogP contribution in [0.1, 0.15) is 24.0 Å². The van der Waals surface area contributed by atoms with E-state index in [0.717, 1.165) is 49.0 Å². The molecule has 1 aromatic carbocycles. The Hall–Kier alpha value is -1.65. The fraction of sp³-hybridized carbons (Fsp3) is 0.375. The summed E-state index contributed by atoms with van der Waals surface area (Å²) in [4.78, 5) is 11.5. The van der Waals surface area contributed by atoms with Crippen LogP contribution < -0.4 is 10.6 Å². The van der Waals surface area contributed by atoms with Crippen molar-refractivity contribution in [3.8, 4) is 11.3 Å². The van der Waals surface area contributed by atoms with E-state index >= 15 is 0 Å². The van der Waals surface area contributed by atoms with Crippen molar-refractivity contribution in [2.45, 2.75) is 25.3 Å². The third kappa shape index (κ3) is 2.28. The molecule has 21 heavy (non-hydrogen) atoms. The number of nitrogens with zero attached hydrogens (tertiary/aromatic N) is 3. The number of hydrogen-bond acceptors (Lipinski definition) is 4. The van der Waals surface area contributed by atoms with Gasteiger partial charge < -0.3 is 10.6 Å². The van der Waals surface area contributed by atoms with Gasteiger partial charge in [0.2, 0.25) is 5.95 Å². The monoisotopic (exact) mass is 300 g/mol. The highest BCUT2D eigenvalue weighted by atomic mass is 35.5. The number of benzene rings is 1. The van der Waals surface area contributed by atoms with Crippen LogP contribution in [-0.2, 0) is 6.42 Å². The van der Waals surface area contributed by atoms with Crippen molar-refractivity contribution in [3.63, 3.8) is 0 Å². The molecule has 0 saturated carbocycles. The first-order valence-corrected chi connectivity index (χ1v) is 7.74. The van der Waals surface area contributed by atoms with Crippen molar-refractivity contribution in [3.05, 3.63) is 40.5 Å². The van der Waals surface area contributed by atoms with Gasteiger partial charge >= 0.3 is 0 Å². The van der Waals surface area contributed by atoms with Crippen molar-refractivity contribution in [2.24, 2.45) is 5.73 Å². The molecule has 4 rings (SSSR count). The lowest BCUT2D eigenvalue weighted by Gasteiger charge is -2.30. The summed E-state index contributed by atoms with van der Waals surface area (Å²) < 4.78 is 0. The topological polar surface area (TPSA) is 55.0 Å². The summed E-state index contributed by atoms with van der Waals surface area (Å²) in [5, 5.41) is 0.775. The van der Waals surface area contributed by atoms with Crippen molar-refractivity contribution in [1.29, 1.82) is 0 Å². The molecule has 1 aliphatic heterocycles. The highest BCUT2D eigenvalue weighted by Crippen LogP contribution is 2.37. The highest BCUT2D eigenvalue weighted by molar-refractivity contribution is 6.30.